The van der Waals surface area contributed by atoms with Crippen molar-refractivity contribution in [3.8, 4) is 0 Å². The maximum Gasteiger partial charge on any atom is 0.429 e. The molecule has 0 aromatic heterocycles. The number of hydrogen-bond acceptors (Lipinski definition) is 3. The van der Waals surface area contributed by atoms with Crippen molar-refractivity contribution in [2.45, 2.75) is 141 Å². The summed E-state index contributed by atoms with van der Waals surface area (Å²) in [6, 6.07) is 0. The molecule has 0 aromatic carbocycles. The van der Waals surface area contributed by atoms with Crippen molar-refractivity contribution in [1.82, 2.24) is 0 Å². The summed E-state index contributed by atoms with van der Waals surface area (Å²) in [6.45, 7) is 16.3. The molecule has 0 amide bonds. The molecule has 4 atom stereocenters. The van der Waals surface area contributed by atoms with E-state index in [2.05, 4.69) is 19.6 Å². The number of halogens is 6. The summed E-state index contributed by atoms with van der Waals surface area (Å²) in [5.41, 5.74) is -5.30. The van der Waals surface area contributed by atoms with Crippen LogP contribution in [-0.2, 0) is 13.6 Å². The van der Waals surface area contributed by atoms with Gasteiger partial charge in [0.1, 0.15) is 5.78 Å². The zero-order valence-electron chi connectivity index (χ0n) is 25.7. The zero-order chi connectivity index (χ0) is 31.0. The van der Waals surface area contributed by atoms with E-state index in [-0.39, 0.29) is 41.6 Å². The Morgan fingerprint density at radius 3 is 1.88 bits per heavy atom. The molecule has 0 bridgehead atoms. The second kappa shape index (κ2) is 12.1. The van der Waals surface area contributed by atoms with Gasteiger partial charge < -0.3 is 8.85 Å². The Morgan fingerprint density at radius 2 is 1.38 bits per heavy atom. The average molecular weight is 617 g/mol. The van der Waals surface area contributed by atoms with Crippen molar-refractivity contribution < 1.29 is 40.0 Å². The molecular weight excluding hydrogens is 566 g/mol. The first-order valence-electron chi connectivity index (χ1n) is 14.6. The van der Waals surface area contributed by atoms with Gasteiger partial charge in [-0.25, -0.2) is 0 Å². The fraction of sp³-hybridized carbons (Fsp3) is 0.897. The Hall–Kier alpha value is -0.656. The number of Topliss-reactive ketones (excluding diaryl/α,β-unsaturated/α-hetero) is 1. The molecule has 0 aliphatic heterocycles. The van der Waals surface area contributed by atoms with Gasteiger partial charge in [0.15, 0.2) is 16.6 Å². The van der Waals surface area contributed by atoms with E-state index in [1.54, 1.807) is 0 Å². The van der Waals surface area contributed by atoms with Crippen LogP contribution in [0.1, 0.15) is 78.6 Å². The average Bonchev–Trinajstić information content (AvgIpc) is 3.15. The van der Waals surface area contributed by atoms with Gasteiger partial charge in [0.25, 0.3) is 5.60 Å². The molecule has 11 heteroatoms. The highest BCUT2D eigenvalue weighted by atomic mass is 28.4. The number of alkyl halides is 6. The predicted molar refractivity (Wildman–Crippen MR) is 152 cm³/mol. The zero-order valence-corrected chi connectivity index (χ0v) is 27.7. The van der Waals surface area contributed by atoms with E-state index in [0.717, 1.165) is 44.6 Å². The molecule has 0 radical (unpaired) electrons. The van der Waals surface area contributed by atoms with Crippen LogP contribution in [0.2, 0.25) is 39.3 Å². The minimum atomic E-state index is -5.66. The molecule has 234 valence electrons. The van der Waals surface area contributed by atoms with Gasteiger partial charge in [0.2, 0.25) is 0 Å². The number of carbonyl (C=O) groups is 1. The Bertz CT molecular complexity index is 887. The number of ketones is 1. The van der Waals surface area contributed by atoms with Crippen LogP contribution in [0, 0.1) is 23.2 Å². The van der Waals surface area contributed by atoms with Crippen LogP contribution in [-0.4, -0.2) is 46.0 Å². The SMILES string of the molecule is CC(C)(CCC[C@@](C)(C/C=C/C(O[Si](C)(C)C)(C(F)(F)F)C(F)(F)F)C1CCC2C(=O)CCCC21)O[Si](C)(C)C. The lowest BCUT2D eigenvalue weighted by Gasteiger charge is -2.42. The summed E-state index contributed by atoms with van der Waals surface area (Å²) in [7, 11) is -5.08. The number of fused-ring (bicyclic) bond motifs is 1. The van der Waals surface area contributed by atoms with E-state index in [1.807, 2.05) is 20.8 Å². The van der Waals surface area contributed by atoms with Crippen LogP contribution in [0.4, 0.5) is 26.3 Å². The number of allylic oxidation sites excluding steroid dienone is 1. The van der Waals surface area contributed by atoms with Gasteiger partial charge in [-0.05, 0) is 121 Å². The Kier molecular flexibility index (Phi) is 10.8. The van der Waals surface area contributed by atoms with Crippen LogP contribution >= 0.6 is 0 Å². The summed E-state index contributed by atoms with van der Waals surface area (Å²) in [5.74, 6) is 0.377. The Labute approximate surface area is 239 Å². The molecule has 2 saturated carbocycles. The van der Waals surface area contributed by atoms with Crippen molar-refractivity contribution in [2.24, 2.45) is 23.2 Å². The van der Waals surface area contributed by atoms with Gasteiger partial charge in [-0.2, -0.15) is 26.3 Å². The van der Waals surface area contributed by atoms with Crippen molar-refractivity contribution in [2.75, 3.05) is 0 Å². The molecule has 0 spiro atoms. The predicted octanol–water partition coefficient (Wildman–Crippen LogP) is 9.85. The van der Waals surface area contributed by atoms with Gasteiger partial charge in [0, 0.05) is 12.3 Å². The molecule has 2 aliphatic carbocycles. The first-order valence-corrected chi connectivity index (χ1v) is 21.4. The second-order valence-electron chi connectivity index (χ2n) is 14.8. The molecule has 3 unspecified atom stereocenters. The van der Waals surface area contributed by atoms with Gasteiger partial charge in [-0.15, -0.1) is 0 Å². The lowest BCUT2D eigenvalue weighted by atomic mass is 9.63. The summed E-state index contributed by atoms with van der Waals surface area (Å²) >= 11 is 0. The van der Waals surface area contributed by atoms with Crippen LogP contribution in [0.15, 0.2) is 12.2 Å². The Morgan fingerprint density at radius 1 is 0.825 bits per heavy atom. The van der Waals surface area contributed by atoms with E-state index >= 15 is 0 Å². The number of rotatable bonds is 12. The number of carbonyl (C=O) groups excluding carboxylic acids is 1. The van der Waals surface area contributed by atoms with Crippen LogP contribution in [0.3, 0.4) is 0 Å². The highest BCUT2D eigenvalue weighted by molar-refractivity contribution is 6.70. The van der Waals surface area contributed by atoms with Crippen LogP contribution < -0.4 is 0 Å². The van der Waals surface area contributed by atoms with E-state index in [9.17, 15) is 31.1 Å². The van der Waals surface area contributed by atoms with Gasteiger partial charge in [-0.3, -0.25) is 4.79 Å². The molecule has 2 fully saturated rings. The van der Waals surface area contributed by atoms with Crippen molar-refractivity contribution >= 4 is 22.4 Å². The smallest absolute Gasteiger partial charge is 0.413 e. The van der Waals surface area contributed by atoms with Crippen LogP contribution in [0.25, 0.3) is 0 Å². The van der Waals surface area contributed by atoms with Gasteiger partial charge in [-0.1, -0.05) is 19.4 Å². The Balaban J connectivity index is 2.41. The molecule has 0 heterocycles. The van der Waals surface area contributed by atoms with Crippen molar-refractivity contribution in [1.29, 1.82) is 0 Å². The fourth-order valence-electron chi connectivity index (χ4n) is 7.15. The highest BCUT2D eigenvalue weighted by Gasteiger charge is 2.71. The second-order valence-corrected chi connectivity index (χ2v) is 23.7. The lowest BCUT2D eigenvalue weighted by Crippen LogP contribution is -2.61. The molecule has 40 heavy (non-hydrogen) atoms. The summed E-state index contributed by atoms with van der Waals surface area (Å²) < 4.78 is 96.0. The first kappa shape index (κ1) is 35.5. The minimum Gasteiger partial charge on any atom is -0.413 e. The maximum absolute atomic E-state index is 14.1. The summed E-state index contributed by atoms with van der Waals surface area (Å²) in [4.78, 5) is 12.6. The molecule has 2 aliphatic rings. The summed E-state index contributed by atoms with van der Waals surface area (Å²) in [5, 5.41) is 0. The quantitative estimate of drug-likeness (QED) is 0.124. The van der Waals surface area contributed by atoms with E-state index in [4.69, 9.17) is 8.85 Å². The highest BCUT2D eigenvalue weighted by Crippen LogP contribution is 2.55. The standard InChI is InChI=1S/C29H50F6O3Si2/c1-25(2,37-39(4,5)6)17-11-18-26(3,23-16-15-22-21(23)13-10-14-24(22)36)19-12-20-27(28(30,31)32,29(33,34)35)38-40(7,8)9/h12,20-23H,10-11,13-19H2,1-9H3/b20-12+/t21?,22?,23?,26-/m0/s1. The molecule has 0 aromatic rings. The van der Waals surface area contributed by atoms with E-state index in [1.165, 1.54) is 19.6 Å². The molecule has 0 N–H and O–H groups in total. The first-order chi connectivity index (χ1) is 17.8. The molecule has 3 nitrogen and oxygen atoms in total. The monoisotopic (exact) mass is 616 g/mol. The van der Waals surface area contributed by atoms with Gasteiger partial charge in [0.05, 0.1) is 5.60 Å². The lowest BCUT2D eigenvalue weighted by molar-refractivity contribution is -0.340. The third kappa shape index (κ3) is 8.92. The number of hydrogen-bond donors (Lipinski definition) is 0. The van der Waals surface area contributed by atoms with Crippen molar-refractivity contribution in [3.05, 3.63) is 12.2 Å². The molecule has 2 rings (SSSR count). The third-order valence-electron chi connectivity index (χ3n) is 8.45. The maximum atomic E-state index is 14.1. The molecule has 0 saturated heterocycles. The fourth-order valence-corrected chi connectivity index (χ4v) is 10.2. The van der Waals surface area contributed by atoms with Crippen LogP contribution in [0.5, 0.6) is 0 Å². The normalized spacial score (nSPS) is 25.4. The molecular formula is C29H50F6O3Si2. The van der Waals surface area contributed by atoms with Crippen molar-refractivity contribution in [3.63, 3.8) is 0 Å². The largest absolute Gasteiger partial charge is 0.429 e. The minimum absolute atomic E-state index is 0.0478. The summed E-state index contributed by atoms with van der Waals surface area (Å²) in [6.07, 6.45) is -4.21. The van der Waals surface area contributed by atoms with Gasteiger partial charge >= 0.3 is 12.4 Å². The topological polar surface area (TPSA) is 35.5 Å². The third-order valence-corrected chi connectivity index (χ3v) is 10.5. The van der Waals surface area contributed by atoms with E-state index in [0.29, 0.717) is 12.8 Å². The van der Waals surface area contributed by atoms with E-state index < -0.39 is 40.0 Å².